The monoisotopic (exact) mass is 263 g/mol. The van der Waals surface area contributed by atoms with Crippen molar-refractivity contribution in [2.24, 2.45) is 0 Å². The molecular weight excluding hydrogens is 242 g/mol. The zero-order chi connectivity index (χ0) is 13.8. The van der Waals surface area contributed by atoms with Gasteiger partial charge >= 0.3 is 0 Å². The summed E-state index contributed by atoms with van der Waals surface area (Å²) in [7, 11) is 0. The standard InChI is InChI=1S/C15H21NO3/c1-11-5-6-14(12(2)8-11)19-10-15(18)16-7-3-4-13(16)9-17/h5-6,8,13,17H,3-4,7,9-10H2,1-2H3/t13-/m0/s1. The summed E-state index contributed by atoms with van der Waals surface area (Å²) in [6.07, 6.45) is 1.84. The number of ether oxygens (including phenoxy) is 1. The second-order valence-corrected chi connectivity index (χ2v) is 5.12. The van der Waals surface area contributed by atoms with Gasteiger partial charge in [0, 0.05) is 6.54 Å². The molecule has 19 heavy (non-hydrogen) atoms. The van der Waals surface area contributed by atoms with Gasteiger partial charge in [0.25, 0.3) is 5.91 Å². The SMILES string of the molecule is Cc1ccc(OCC(=O)N2CCC[C@H]2CO)c(C)c1. The third-order valence-corrected chi connectivity index (χ3v) is 3.59. The maximum Gasteiger partial charge on any atom is 0.260 e. The molecule has 0 spiro atoms. The Balaban J connectivity index is 1.93. The number of carbonyl (C=O) groups excluding carboxylic acids is 1. The smallest absolute Gasteiger partial charge is 0.260 e. The third kappa shape index (κ3) is 3.26. The van der Waals surface area contributed by atoms with Crippen LogP contribution in [0.1, 0.15) is 24.0 Å². The summed E-state index contributed by atoms with van der Waals surface area (Å²) >= 11 is 0. The number of aliphatic hydroxyl groups excluding tert-OH is 1. The van der Waals surface area contributed by atoms with Gasteiger partial charge in [0.15, 0.2) is 6.61 Å². The minimum absolute atomic E-state index is 0.0322. The van der Waals surface area contributed by atoms with Crippen LogP contribution >= 0.6 is 0 Å². The van der Waals surface area contributed by atoms with Gasteiger partial charge in [-0.25, -0.2) is 0 Å². The first-order valence-electron chi connectivity index (χ1n) is 6.72. The molecule has 1 aliphatic heterocycles. The average Bonchev–Trinajstić information content (AvgIpc) is 2.85. The minimum Gasteiger partial charge on any atom is -0.484 e. The maximum absolute atomic E-state index is 12.1. The molecule has 4 nitrogen and oxygen atoms in total. The molecule has 1 aromatic rings. The van der Waals surface area contributed by atoms with Crippen molar-refractivity contribution >= 4 is 5.91 Å². The molecule has 0 radical (unpaired) electrons. The largest absolute Gasteiger partial charge is 0.484 e. The molecule has 1 aliphatic rings. The normalized spacial score (nSPS) is 18.7. The lowest BCUT2D eigenvalue weighted by atomic mass is 10.1. The summed E-state index contributed by atoms with van der Waals surface area (Å²) in [5.74, 6) is 0.704. The van der Waals surface area contributed by atoms with Crippen molar-refractivity contribution in [3.63, 3.8) is 0 Å². The van der Waals surface area contributed by atoms with E-state index >= 15 is 0 Å². The molecule has 1 aromatic carbocycles. The summed E-state index contributed by atoms with van der Waals surface area (Å²) in [6, 6.07) is 5.87. The Hall–Kier alpha value is -1.55. The highest BCUT2D eigenvalue weighted by molar-refractivity contribution is 5.78. The Morgan fingerprint density at radius 2 is 2.26 bits per heavy atom. The van der Waals surface area contributed by atoms with Crippen LogP contribution in [0, 0.1) is 13.8 Å². The van der Waals surface area contributed by atoms with Crippen molar-refractivity contribution in [2.45, 2.75) is 32.7 Å². The number of hydrogen-bond donors (Lipinski definition) is 1. The number of aliphatic hydroxyl groups is 1. The molecule has 4 heteroatoms. The summed E-state index contributed by atoms with van der Waals surface area (Å²) in [5, 5.41) is 9.21. The van der Waals surface area contributed by atoms with Gasteiger partial charge in [-0.1, -0.05) is 17.7 Å². The number of amides is 1. The molecule has 0 aliphatic carbocycles. The highest BCUT2D eigenvalue weighted by Gasteiger charge is 2.28. The molecule has 0 bridgehead atoms. The fourth-order valence-corrected chi connectivity index (χ4v) is 2.54. The number of nitrogens with zero attached hydrogens (tertiary/aromatic N) is 1. The lowest BCUT2D eigenvalue weighted by molar-refractivity contribution is -0.134. The lowest BCUT2D eigenvalue weighted by Gasteiger charge is -2.23. The summed E-state index contributed by atoms with van der Waals surface area (Å²) in [4.78, 5) is 13.8. The van der Waals surface area contributed by atoms with E-state index in [2.05, 4.69) is 0 Å². The third-order valence-electron chi connectivity index (χ3n) is 3.59. The number of hydrogen-bond acceptors (Lipinski definition) is 3. The van der Waals surface area contributed by atoms with Crippen LogP contribution in [0.2, 0.25) is 0 Å². The quantitative estimate of drug-likeness (QED) is 0.899. The summed E-state index contributed by atoms with van der Waals surface area (Å²) in [6.45, 7) is 4.80. The van der Waals surface area contributed by atoms with Gasteiger partial charge in [0.1, 0.15) is 5.75 Å². The van der Waals surface area contributed by atoms with Gasteiger partial charge in [-0.2, -0.15) is 0 Å². The van der Waals surface area contributed by atoms with Crippen LogP contribution in [0.3, 0.4) is 0 Å². The molecule has 1 saturated heterocycles. The molecule has 1 N–H and O–H groups in total. The van der Waals surface area contributed by atoms with E-state index in [9.17, 15) is 9.90 Å². The van der Waals surface area contributed by atoms with Gasteiger partial charge in [-0.05, 0) is 38.3 Å². The fourth-order valence-electron chi connectivity index (χ4n) is 2.54. The van der Waals surface area contributed by atoms with Crippen LogP contribution in [0.15, 0.2) is 18.2 Å². The maximum atomic E-state index is 12.1. The van der Waals surface area contributed by atoms with Crippen LogP contribution in [0.25, 0.3) is 0 Å². The molecule has 0 unspecified atom stereocenters. The Labute approximate surface area is 114 Å². The van der Waals surface area contributed by atoms with Gasteiger partial charge in [-0.15, -0.1) is 0 Å². The zero-order valence-corrected chi connectivity index (χ0v) is 11.6. The first-order valence-corrected chi connectivity index (χ1v) is 6.72. The topological polar surface area (TPSA) is 49.8 Å². The molecule has 104 valence electrons. The van der Waals surface area contributed by atoms with E-state index in [0.29, 0.717) is 0 Å². The number of rotatable bonds is 4. The number of aryl methyl sites for hydroxylation is 2. The molecule has 2 rings (SSSR count). The summed E-state index contributed by atoms with van der Waals surface area (Å²) in [5.41, 5.74) is 2.21. The predicted molar refractivity (Wildman–Crippen MR) is 73.2 cm³/mol. The van der Waals surface area contributed by atoms with Gasteiger partial charge in [-0.3, -0.25) is 4.79 Å². The van der Waals surface area contributed by atoms with Crippen molar-refractivity contribution in [3.05, 3.63) is 29.3 Å². The van der Waals surface area contributed by atoms with Crippen LogP contribution in [0.5, 0.6) is 5.75 Å². The van der Waals surface area contributed by atoms with E-state index in [0.717, 1.165) is 30.7 Å². The van der Waals surface area contributed by atoms with Crippen LogP contribution in [0.4, 0.5) is 0 Å². The van der Waals surface area contributed by atoms with Gasteiger partial charge < -0.3 is 14.7 Å². The fraction of sp³-hybridized carbons (Fsp3) is 0.533. The molecule has 1 atom stereocenters. The molecule has 0 aromatic heterocycles. The first kappa shape index (κ1) is 13.9. The Morgan fingerprint density at radius 3 is 2.95 bits per heavy atom. The van der Waals surface area contributed by atoms with E-state index in [4.69, 9.17) is 4.74 Å². The Morgan fingerprint density at radius 1 is 1.47 bits per heavy atom. The highest BCUT2D eigenvalue weighted by Crippen LogP contribution is 2.20. The van der Waals surface area contributed by atoms with Crippen molar-refractivity contribution in [3.8, 4) is 5.75 Å². The van der Waals surface area contributed by atoms with Crippen molar-refractivity contribution in [2.75, 3.05) is 19.8 Å². The molecule has 0 saturated carbocycles. The molecule has 1 heterocycles. The second kappa shape index (κ2) is 6.06. The van der Waals surface area contributed by atoms with Crippen molar-refractivity contribution in [1.82, 2.24) is 4.90 Å². The second-order valence-electron chi connectivity index (χ2n) is 5.12. The van der Waals surface area contributed by atoms with Gasteiger partial charge in [0.05, 0.1) is 12.6 Å². The Kier molecular flexibility index (Phi) is 4.43. The minimum atomic E-state index is -0.0449. The Bertz CT molecular complexity index is 459. The van der Waals surface area contributed by atoms with Gasteiger partial charge in [0.2, 0.25) is 0 Å². The summed E-state index contributed by atoms with van der Waals surface area (Å²) < 4.78 is 5.59. The number of benzene rings is 1. The van der Waals surface area contributed by atoms with Crippen molar-refractivity contribution < 1.29 is 14.6 Å². The van der Waals surface area contributed by atoms with Crippen LogP contribution < -0.4 is 4.74 Å². The highest BCUT2D eigenvalue weighted by atomic mass is 16.5. The van der Waals surface area contributed by atoms with E-state index in [-0.39, 0.29) is 25.2 Å². The van der Waals surface area contributed by atoms with E-state index in [1.54, 1.807) is 4.90 Å². The number of likely N-dealkylation sites (tertiary alicyclic amines) is 1. The predicted octanol–water partition coefficient (Wildman–Crippen LogP) is 1.67. The molecular formula is C15H21NO3. The average molecular weight is 263 g/mol. The lowest BCUT2D eigenvalue weighted by Crippen LogP contribution is -2.40. The van der Waals surface area contributed by atoms with Crippen molar-refractivity contribution in [1.29, 1.82) is 0 Å². The number of carbonyl (C=O) groups is 1. The van der Waals surface area contributed by atoms with E-state index < -0.39 is 0 Å². The zero-order valence-electron chi connectivity index (χ0n) is 11.6. The first-order chi connectivity index (χ1) is 9.11. The van der Waals surface area contributed by atoms with Crippen LogP contribution in [-0.2, 0) is 4.79 Å². The molecule has 1 fully saturated rings. The van der Waals surface area contributed by atoms with E-state index in [1.165, 1.54) is 5.56 Å². The van der Waals surface area contributed by atoms with Crippen LogP contribution in [-0.4, -0.2) is 41.7 Å². The van der Waals surface area contributed by atoms with E-state index in [1.807, 2.05) is 32.0 Å². The molecule has 1 amide bonds.